The summed E-state index contributed by atoms with van der Waals surface area (Å²) < 4.78 is 20.3. The number of nitrogens with one attached hydrogen (secondary N) is 1. The number of esters is 1. The number of carbonyl (C=O) groups excluding carboxylic acids is 2. The Hall–Kier alpha value is -3.05. The fraction of sp³-hybridized carbons (Fsp3) is 0.421. The first-order chi connectivity index (χ1) is 13.0. The first-order valence-corrected chi connectivity index (χ1v) is 8.41. The van der Waals surface area contributed by atoms with Crippen molar-refractivity contribution in [3.8, 4) is 17.6 Å². The lowest BCUT2D eigenvalue weighted by atomic mass is 10.1. The molecule has 0 aliphatic heterocycles. The molecule has 0 bridgehead atoms. The number of ether oxygens (including phenoxy) is 4. The monoisotopic (exact) mass is 376 g/mol. The van der Waals surface area contributed by atoms with Crippen LogP contribution in [0.2, 0.25) is 0 Å². The first kappa shape index (κ1) is 22.0. The number of rotatable bonds is 11. The predicted molar refractivity (Wildman–Crippen MR) is 98.2 cm³/mol. The van der Waals surface area contributed by atoms with Crippen LogP contribution in [0.5, 0.6) is 11.5 Å². The summed E-state index contributed by atoms with van der Waals surface area (Å²) in [6, 6.07) is 6.73. The van der Waals surface area contributed by atoms with Gasteiger partial charge in [-0.2, -0.15) is 5.26 Å². The van der Waals surface area contributed by atoms with E-state index in [0.717, 1.165) is 0 Å². The van der Waals surface area contributed by atoms with Gasteiger partial charge < -0.3 is 24.3 Å². The molecule has 0 saturated carbocycles. The zero-order valence-corrected chi connectivity index (χ0v) is 15.7. The summed E-state index contributed by atoms with van der Waals surface area (Å²) in [4.78, 5) is 23.4. The molecular weight excluding hydrogens is 352 g/mol. The standard InChI is InChI=1S/C19H24N2O6/c1-4-26-18(22)13-27-16-7-6-14(11-17(16)25-3)10-15(12-20)19(23)21-8-5-9-24-2/h6-7,10-11H,4-5,8-9,13H2,1-3H3,(H,21,23)/b15-10+. The second kappa shape index (κ2) is 12.3. The summed E-state index contributed by atoms with van der Waals surface area (Å²) in [6.07, 6.45) is 2.10. The topological polar surface area (TPSA) is 107 Å². The van der Waals surface area contributed by atoms with Gasteiger partial charge in [0.2, 0.25) is 0 Å². The molecule has 8 nitrogen and oxygen atoms in total. The van der Waals surface area contributed by atoms with Crippen molar-refractivity contribution in [2.45, 2.75) is 13.3 Å². The van der Waals surface area contributed by atoms with Gasteiger partial charge in [0.15, 0.2) is 18.1 Å². The highest BCUT2D eigenvalue weighted by atomic mass is 16.6. The fourth-order valence-electron chi connectivity index (χ4n) is 2.06. The Morgan fingerprint density at radius 3 is 2.67 bits per heavy atom. The summed E-state index contributed by atoms with van der Waals surface area (Å²) in [5, 5.41) is 11.9. The van der Waals surface area contributed by atoms with E-state index in [1.807, 2.05) is 6.07 Å². The minimum atomic E-state index is -0.486. The average Bonchev–Trinajstić information content (AvgIpc) is 2.68. The van der Waals surface area contributed by atoms with Gasteiger partial charge in [0.25, 0.3) is 5.91 Å². The van der Waals surface area contributed by atoms with Gasteiger partial charge in [-0.1, -0.05) is 6.07 Å². The number of methoxy groups -OCH3 is 2. The van der Waals surface area contributed by atoms with E-state index in [1.54, 1.807) is 32.2 Å². The van der Waals surface area contributed by atoms with Crippen molar-refractivity contribution in [1.82, 2.24) is 5.32 Å². The molecule has 1 rings (SSSR count). The maximum Gasteiger partial charge on any atom is 0.344 e. The lowest BCUT2D eigenvalue weighted by Crippen LogP contribution is -2.26. The second-order valence-corrected chi connectivity index (χ2v) is 5.28. The Balaban J connectivity index is 2.83. The zero-order valence-electron chi connectivity index (χ0n) is 15.7. The van der Waals surface area contributed by atoms with Gasteiger partial charge in [0, 0.05) is 20.3 Å². The molecule has 0 atom stereocenters. The summed E-state index contributed by atoms with van der Waals surface area (Å²) in [5.74, 6) is -0.230. The van der Waals surface area contributed by atoms with Crippen molar-refractivity contribution < 1.29 is 28.5 Å². The molecule has 0 radical (unpaired) electrons. The molecule has 0 saturated heterocycles. The minimum Gasteiger partial charge on any atom is -0.493 e. The Labute approximate surface area is 158 Å². The van der Waals surface area contributed by atoms with Crippen LogP contribution in [0.3, 0.4) is 0 Å². The molecule has 146 valence electrons. The van der Waals surface area contributed by atoms with Gasteiger partial charge in [-0.25, -0.2) is 4.79 Å². The van der Waals surface area contributed by atoms with Crippen LogP contribution in [0.15, 0.2) is 23.8 Å². The first-order valence-electron chi connectivity index (χ1n) is 8.41. The molecule has 0 aliphatic rings. The summed E-state index contributed by atoms with van der Waals surface area (Å²) in [5.41, 5.74) is 0.550. The predicted octanol–water partition coefficient (Wildman–Crippen LogP) is 1.70. The van der Waals surface area contributed by atoms with E-state index in [0.29, 0.717) is 36.6 Å². The smallest absolute Gasteiger partial charge is 0.344 e. The zero-order chi connectivity index (χ0) is 20.1. The maximum atomic E-state index is 12.1. The second-order valence-electron chi connectivity index (χ2n) is 5.28. The third kappa shape index (κ3) is 7.79. The highest BCUT2D eigenvalue weighted by Crippen LogP contribution is 2.29. The number of nitrogens with zero attached hydrogens (tertiary/aromatic N) is 1. The Morgan fingerprint density at radius 2 is 2.04 bits per heavy atom. The van der Waals surface area contributed by atoms with Crippen LogP contribution in [0.4, 0.5) is 0 Å². The van der Waals surface area contributed by atoms with Crippen molar-refractivity contribution in [2.24, 2.45) is 0 Å². The van der Waals surface area contributed by atoms with Crippen molar-refractivity contribution >= 4 is 18.0 Å². The average molecular weight is 376 g/mol. The van der Waals surface area contributed by atoms with Crippen LogP contribution < -0.4 is 14.8 Å². The number of benzene rings is 1. The van der Waals surface area contributed by atoms with Gasteiger partial charge in [-0.3, -0.25) is 4.79 Å². The molecular formula is C19H24N2O6. The number of nitriles is 1. The summed E-state index contributed by atoms with van der Waals surface area (Å²) >= 11 is 0. The number of amides is 1. The van der Waals surface area contributed by atoms with Crippen molar-refractivity contribution in [3.05, 3.63) is 29.3 Å². The van der Waals surface area contributed by atoms with Crippen LogP contribution in [-0.4, -0.2) is 52.5 Å². The molecule has 0 fully saturated rings. The van der Waals surface area contributed by atoms with Crippen molar-refractivity contribution in [3.63, 3.8) is 0 Å². The van der Waals surface area contributed by atoms with Crippen LogP contribution in [0.25, 0.3) is 6.08 Å². The summed E-state index contributed by atoms with van der Waals surface area (Å²) in [6.45, 7) is 2.67. The van der Waals surface area contributed by atoms with Gasteiger partial charge in [0.1, 0.15) is 11.6 Å². The highest BCUT2D eigenvalue weighted by Gasteiger charge is 2.11. The third-order valence-corrected chi connectivity index (χ3v) is 3.33. The number of hydrogen-bond acceptors (Lipinski definition) is 7. The largest absolute Gasteiger partial charge is 0.493 e. The Kier molecular flexibility index (Phi) is 10.0. The molecule has 8 heteroatoms. The molecule has 1 aromatic rings. The lowest BCUT2D eigenvalue weighted by Gasteiger charge is -2.11. The van der Waals surface area contributed by atoms with Crippen LogP contribution >= 0.6 is 0 Å². The summed E-state index contributed by atoms with van der Waals surface area (Å²) in [7, 11) is 3.03. The lowest BCUT2D eigenvalue weighted by molar-refractivity contribution is -0.145. The van der Waals surface area contributed by atoms with Crippen LogP contribution in [-0.2, 0) is 19.1 Å². The van der Waals surface area contributed by atoms with Gasteiger partial charge in [-0.15, -0.1) is 0 Å². The molecule has 0 spiro atoms. The normalized spacial score (nSPS) is 10.7. The quantitative estimate of drug-likeness (QED) is 0.271. The van der Waals surface area contributed by atoms with Crippen molar-refractivity contribution in [2.75, 3.05) is 40.6 Å². The highest BCUT2D eigenvalue weighted by molar-refractivity contribution is 6.01. The maximum absolute atomic E-state index is 12.1. The van der Waals surface area contributed by atoms with E-state index in [2.05, 4.69) is 5.32 Å². The van der Waals surface area contributed by atoms with Crippen molar-refractivity contribution in [1.29, 1.82) is 5.26 Å². The molecule has 0 heterocycles. The number of carbonyl (C=O) groups is 2. The van der Waals surface area contributed by atoms with E-state index in [4.69, 9.17) is 18.9 Å². The van der Waals surface area contributed by atoms with E-state index < -0.39 is 11.9 Å². The third-order valence-electron chi connectivity index (χ3n) is 3.33. The van der Waals surface area contributed by atoms with Crippen LogP contribution in [0.1, 0.15) is 18.9 Å². The molecule has 0 aliphatic carbocycles. The van der Waals surface area contributed by atoms with E-state index in [-0.39, 0.29) is 18.8 Å². The Morgan fingerprint density at radius 1 is 1.26 bits per heavy atom. The van der Waals surface area contributed by atoms with Gasteiger partial charge in [-0.05, 0) is 37.1 Å². The van der Waals surface area contributed by atoms with Crippen LogP contribution in [0, 0.1) is 11.3 Å². The van der Waals surface area contributed by atoms with E-state index in [1.165, 1.54) is 13.2 Å². The van der Waals surface area contributed by atoms with Gasteiger partial charge >= 0.3 is 5.97 Å². The SMILES string of the molecule is CCOC(=O)COc1ccc(/C=C(\C#N)C(=O)NCCCOC)cc1OC. The van der Waals surface area contributed by atoms with E-state index in [9.17, 15) is 14.9 Å². The van der Waals surface area contributed by atoms with Gasteiger partial charge in [0.05, 0.1) is 13.7 Å². The minimum absolute atomic E-state index is 0.0327. The molecule has 1 aromatic carbocycles. The molecule has 0 aromatic heterocycles. The Bertz CT molecular complexity index is 709. The van der Waals surface area contributed by atoms with E-state index >= 15 is 0 Å². The molecule has 1 N–H and O–H groups in total. The number of hydrogen-bond donors (Lipinski definition) is 1. The fourth-order valence-corrected chi connectivity index (χ4v) is 2.06. The molecule has 0 unspecified atom stereocenters. The molecule has 27 heavy (non-hydrogen) atoms. The molecule has 1 amide bonds.